The molecule has 2 aromatic carbocycles. The molecule has 0 spiro atoms. The lowest BCUT2D eigenvalue weighted by Gasteiger charge is -2.03. The molecular weight excluding hydrogens is 352 g/mol. The lowest BCUT2D eigenvalue weighted by molar-refractivity contribution is 0.415. The number of aromatic amines is 1. The van der Waals surface area contributed by atoms with Crippen molar-refractivity contribution in [1.29, 1.82) is 0 Å². The van der Waals surface area contributed by atoms with E-state index < -0.39 is 0 Å². The van der Waals surface area contributed by atoms with Gasteiger partial charge >= 0.3 is 0 Å². The smallest absolute Gasteiger partial charge is 0.298 e. The van der Waals surface area contributed by atoms with Crippen molar-refractivity contribution >= 4 is 39.8 Å². The van der Waals surface area contributed by atoms with E-state index in [2.05, 4.69) is 15.1 Å². The Balaban J connectivity index is 1.83. The molecule has 0 fully saturated rings. The topological polar surface area (TPSA) is 72.3 Å². The summed E-state index contributed by atoms with van der Waals surface area (Å²) < 4.78 is 6.41. The van der Waals surface area contributed by atoms with Crippen molar-refractivity contribution in [3.8, 4) is 5.75 Å². The summed E-state index contributed by atoms with van der Waals surface area (Å²) in [6.45, 7) is 1.75. The number of fused-ring (bicyclic) bond motifs is 3. The molecule has 6 nitrogen and oxygen atoms in total. The SMILES string of the molecule is COc1ccc(/C=N\n2c(C)nc3c([nH]c4ccc(Cl)cc43)c2=O)cc1. The molecule has 0 amide bonds. The van der Waals surface area contributed by atoms with Crippen LogP contribution in [0.25, 0.3) is 21.9 Å². The first-order valence-electron chi connectivity index (χ1n) is 7.96. The van der Waals surface area contributed by atoms with Crippen LogP contribution in [0.3, 0.4) is 0 Å². The molecule has 0 radical (unpaired) electrons. The Morgan fingerprint density at radius 3 is 2.73 bits per heavy atom. The van der Waals surface area contributed by atoms with Crippen molar-refractivity contribution in [2.45, 2.75) is 6.92 Å². The minimum absolute atomic E-state index is 0.260. The molecule has 0 aliphatic heterocycles. The molecule has 1 N–H and O–H groups in total. The number of ether oxygens (including phenoxy) is 1. The van der Waals surface area contributed by atoms with Gasteiger partial charge in [0.15, 0.2) is 0 Å². The van der Waals surface area contributed by atoms with E-state index in [1.54, 1.807) is 32.4 Å². The minimum Gasteiger partial charge on any atom is -0.497 e. The van der Waals surface area contributed by atoms with Gasteiger partial charge in [-0.25, -0.2) is 4.98 Å². The van der Waals surface area contributed by atoms with E-state index in [0.29, 0.717) is 21.9 Å². The van der Waals surface area contributed by atoms with Crippen LogP contribution >= 0.6 is 11.6 Å². The molecule has 2 aromatic heterocycles. The van der Waals surface area contributed by atoms with E-state index in [-0.39, 0.29) is 5.56 Å². The summed E-state index contributed by atoms with van der Waals surface area (Å²) in [4.78, 5) is 20.5. The van der Waals surface area contributed by atoms with E-state index in [1.165, 1.54) is 4.68 Å². The number of benzene rings is 2. The van der Waals surface area contributed by atoms with Crippen molar-refractivity contribution in [2.24, 2.45) is 5.10 Å². The van der Waals surface area contributed by atoms with Crippen LogP contribution in [0.4, 0.5) is 0 Å². The lowest BCUT2D eigenvalue weighted by atomic mass is 10.2. The molecule has 0 bridgehead atoms. The Hall–Kier alpha value is -3.12. The third kappa shape index (κ3) is 2.74. The number of aromatic nitrogens is 3. The van der Waals surface area contributed by atoms with Crippen LogP contribution in [0.1, 0.15) is 11.4 Å². The second-order valence-electron chi connectivity index (χ2n) is 5.83. The Morgan fingerprint density at radius 2 is 2.00 bits per heavy atom. The first-order chi connectivity index (χ1) is 12.6. The quantitative estimate of drug-likeness (QED) is 0.561. The van der Waals surface area contributed by atoms with Gasteiger partial charge in [0.2, 0.25) is 0 Å². The van der Waals surface area contributed by atoms with Gasteiger partial charge in [0.1, 0.15) is 22.6 Å². The molecule has 0 aliphatic rings. The molecule has 0 saturated heterocycles. The summed E-state index contributed by atoms with van der Waals surface area (Å²) >= 11 is 6.07. The summed E-state index contributed by atoms with van der Waals surface area (Å²) in [5.41, 5.74) is 2.40. The fourth-order valence-corrected chi connectivity index (χ4v) is 3.01. The third-order valence-corrected chi connectivity index (χ3v) is 4.39. The molecule has 0 saturated carbocycles. The van der Waals surface area contributed by atoms with Crippen molar-refractivity contribution in [3.05, 3.63) is 69.2 Å². The summed E-state index contributed by atoms with van der Waals surface area (Å²) in [6.07, 6.45) is 1.61. The standard InChI is InChI=1S/C19H15ClN4O2/c1-11-22-17-15-9-13(20)5-8-16(15)23-18(17)19(25)24(11)21-10-12-3-6-14(26-2)7-4-12/h3-10,23H,1-2H3/b21-10-. The molecule has 7 heteroatoms. The molecule has 0 unspecified atom stereocenters. The summed E-state index contributed by atoms with van der Waals surface area (Å²) in [7, 11) is 1.61. The Morgan fingerprint density at radius 1 is 1.23 bits per heavy atom. The van der Waals surface area contributed by atoms with Crippen molar-refractivity contribution in [2.75, 3.05) is 7.11 Å². The van der Waals surface area contributed by atoms with Gasteiger partial charge in [0, 0.05) is 15.9 Å². The van der Waals surface area contributed by atoms with Crippen LogP contribution in [-0.2, 0) is 0 Å². The first kappa shape index (κ1) is 16.4. The second kappa shape index (κ2) is 6.31. The predicted octanol–water partition coefficient (Wildman–Crippen LogP) is 3.73. The molecular formula is C19H15ClN4O2. The molecule has 4 rings (SSSR count). The molecule has 0 atom stereocenters. The van der Waals surface area contributed by atoms with Crippen LogP contribution in [0.2, 0.25) is 5.02 Å². The van der Waals surface area contributed by atoms with E-state index >= 15 is 0 Å². The first-order valence-corrected chi connectivity index (χ1v) is 8.33. The Labute approximate surface area is 153 Å². The number of rotatable bonds is 3. The second-order valence-corrected chi connectivity index (χ2v) is 6.27. The Kier molecular flexibility index (Phi) is 3.97. The minimum atomic E-state index is -0.260. The number of hydrogen-bond donors (Lipinski definition) is 1. The average Bonchev–Trinajstić information content (AvgIpc) is 3.00. The number of aryl methyl sites for hydroxylation is 1. The van der Waals surface area contributed by atoms with Gasteiger partial charge in [-0.15, -0.1) is 0 Å². The molecule has 0 aliphatic carbocycles. The van der Waals surface area contributed by atoms with Gasteiger partial charge < -0.3 is 9.72 Å². The zero-order chi connectivity index (χ0) is 18.3. The van der Waals surface area contributed by atoms with E-state index in [0.717, 1.165) is 22.2 Å². The number of nitrogens with zero attached hydrogens (tertiary/aromatic N) is 3. The Bertz CT molecular complexity index is 1210. The van der Waals surface area contributed by atoms with Crippen LogP contribution < -0.4 is 10.3 Å². The van der Waals surface area contributed by atoms with Gasteiger partial charge in [0.25, 0.3) is 5.56 Å². The number of halogens is 1. The number of nitrogens with one attached hydrogen (secondary N) is 1. The number of hydrogen-bond acceptors (Lipinski definition) is 4. The largest absolute Gasteiger partial charge is 0.497 e. The van der Waals surface area contributed by atoms with Gasteiger partial charge in [-0.05, 0) is 55.0 Å². The van der Waals surface area contributed by atoms with Gasteiger partial charge in [-0.3, -0.25) is 4.79 Å². The highest BCUT2D eigenvalue weighted by Gasteiger charge is 2.13. The van der Waals surface area contributed by atoms with Crippen molar-refractivity contribution in [1.82, 2.24) is 14.6 Å². The summed E-state index contributed by atoms with van der Waals surface area (Å²) in [5, 5.41) is 5.71. The van der Waals surface area contributed by atoms with Crippen molar-refractivity contribution in [3.63, 3.8) is 0 Å². The molecule has 130 valence electrons. The van der Waals surface area contributed by atoms with Crippen LogP contribution in [-0.4, -0.2) is 28.0 Å². The summed E-state index contributed by atoms with van der Waals surface area (Å²) in [5.74, 6) is 1.25. The fraction of sp³-hybridized carbons (Fsp3) is 0.105. The molecule has 2 heterocycles. The van der Waals surface area contributed by atoms with Gasteiger partial charge in [0.05, 0.1) is 13.3 Å². The number of methoxy groups -OCH3 is 1. The number of H-pyrrole nitrogens is 1. The highest BCUT2D eigenvalue weighted by atomic mass is 35.5. The summed E-state index contributed by atoms with van der Waals surface area (Å²) in [6, 6.07) is 12.8. The maximum atomic E-state index is 12.9. The molecule has 26 heavy (non-hydrogen) atoms. The normalized spacial score (nSPS) is 11.7. The predicted molar refractivity (Wildman–Crippen MR) is 104 cm³/mol. The van der Waals surface area contributed by atoms with Crippen LogP contribution in [0.15, 0.2) is 52.4 Å². The van der Waals surface area contributed by atoms with E-state index in [1.807, 2.05) is 30.3 Å². The van der Waals surface area contributed by atoms with Gasteiger partial charge in [-0.1, -0.05) is 11.6 Å². The third-order valence-electron chi connectivity index (χ3n) is 4.16. The maximum Gasteiger partial charge on any atom is 0.298 e. The maximum absolute atomic E-state index is 12.9. The van der Waals surface area contributed by atoms with Crippen LogP contribution in [0, 0.1) is 6.92 Å². The highest BCUT2D eigenvalue weighted by molar-refractivity contribution is 6.31. The van der Waals surface area contributed by atoms with E-state index in [4.69, 9.17) is 16.3 Å². The highest BCUT2D eigenvalue weighted by Crippen LogP contribution is 2.25. The van der Waals surface area contributed by atoms with E-state index in [9.17, 15) is 4.79 Å². The van der Waals surface area contributed by atoms with Gasteiger partial charge in [-0.2, -0.15) is 9.78 Å². The van der Waals surface area contributed by atoms with Crippen molar-refractivity contribution < 1.29 is 4.74 Å². The lowest BCUT2D eigenvalue weighted by Crippen LogP contribution is -2.20. The average molecular weight is 367 g/mol. The zero-order valence-corrected chi connectivity index (χ0v) is 14.9. The zero-order valence-electron chi connectivity index (χ0n) is 14.2. The fourth-order valence-electron chi connectivity index (χ4n) is 2.83. The monoisotopic (exact) mass is 366 g/mol. The van der Waals surface area contributed by atoms with Crippen LogP contribution in [0.5, 0.6) is 5.75 Å². The molecule has 4 aromatic rings.